The molecule has 2 aromatic carbocycles. The Morgan fingerprint density at radius 2 is 1.87 bits per heavy atom. The number of H-pyrrole nitrogens is 1. The summed E-state index contributed by atoms with van der Waals surface area (Å²) in [6.45, 7) is 3.60. The number of anilines is 1. The molecule has 1 aromatic heterocycles. The second-order valence-electron chi connectivity index (χ2n) is 7.06. The lowest BCUT2D eigenvalue weighted by Crippen LogP contribution is -2.30. The fourth-order valence-electron chi connectivity index (χ4n) is 3.03. The molecule has 0 radical (unpaired) electrons. The number of esters is 1. The SMILES string of the molecule is CCc1ccc(NC(=O)[C@@H](C)OC(=O)CCCc2nc3ccccc3c(=O)[nH]2)cc1. The van der Waals surface area contributed by atoms with Crippen molar-refractivity contribution in [2.24, 2.45) is 0 Å². The molecule has 0 saturated carbocycles. The van der Waals surface area contributed by atoms with Gasteiger partial charge in [-0.05, 0) is 49.6 Å². The van der Waals surface area contributed by atoms with Crippen molar-refractivity contribution in [2.45, 2.75) is 45.6 Å². The zero-order chi connectivity index (χ0) is 21.5. The first-order valence-corrected chi connectivity index (χ1v) is 10.0. The summed E-state index contributed by atoms with van der Waals surface area (Å²) < 4.78 is 5.22. The molecule has 2 N–H and O–H groups in total. The molecule has 3 aromatic rings. The second kappa shape index (κ2) is 9.82. The van der Waals surface area contributed by atoms with Gasteiger partial charge in [0.05, 0.1) is 10.9 Å². The number of ether oxygens (including phenoxy) is 1. The van der Waals surface area contributed by atoms with Gasteiger partial charge in [-0.25, -0.2) is 4.98 Å². The van der Waals surface area contributed by atoms with Gasteiger partial charge in [0, 0.05) is 18.5 Å². The van der Waals surface area contributed by atoms with Gasteiger partial charge in [0.25, 0.3) is 11.5 Å². The monoisotopic (exact) mass is 407 g/mol. The Morgan fingerprint density at radius 3 is 2.60 bits per heavy atom. The van der Waals surface area contributed by atoms with Crippen LogP contribution in [0.1, 0.15) is 38.1 Å². The van der Waals surface area contributed by atoms with Crippen LogP contribution in [0.15, 0.2) is 53.3 Å². The normalized spacial score (nSPS) is 11.8. The van der Waals surface area contributed by atoms with Crippen LogP contribution in [-0.4, -0.2) is 27.9 Å². The largest absolute Gasteiger partial charge is 0.453 e. The van der Waals surface area contributed by atoms with Crippen molar-refractivity contribution in [1.82, 2.24) is 9.97 Å². The number of fused-ring (bicyclic) bond motifs is 1. The lowest BCUT2D eigenvalue weighted by molar-refractivity contribution is -0.153. The van der Waals surface area contributed by atoms with E-state index in [1.807, 2.05) is 30.3 Å². The highest BCUT2D eigenvalue weighted by molar-refractivity contribution is 5.95. The summed E-state index contributed by atoms with van der Waals surface area (Å²) >= 11 is 0. The maximum atomic E-state index is 12.2. The molecule has 7 nitrogen and oxygen atoms in total. The van der Waals surface area contributed by atoms with Gasteiger partial charge in [0.1, 0.15) is 5.82 Å². The van der Waals surface area contributed by atoms with E-state index in [4.69, 9.17) is 4.74 Å². The molecule has 1 amide bonds. The summed E-state index contributed by atoms with van der Waals surface area (Å²) in [7, 11) is 0. The second-order valence-corrected chi connectivity index (χ2v) is 7.06. The van der Waals surface area contributed by atoms with E-state index in [1.54, 1.807) is 18.2 Å². The van der Waals surface area contributed by atoms with Gasteiger partial charge in [0.15, 0.2) is 6.10 Å². The van der Waals surface area contributed by atoms with Gasteiger partial charge < -0.3 is 15.0 Å². The number of amides is 1. The standard InChI is InChI=1S/C23H25N3O4/c1-3-16-11-13-17(14-12-16)24-22(28)15(2)30-21(27)10-6-9-20-25-19-8-5-4-7-18(19)23(29)26-20/h4-5,7-8,11-15H,3,6,9-10H2,1-2H3,(H,24,28)(H,25,26,29)/t15-/m1/s1. The first-order chi connectivity index (χ1) is 14.5. The molecule has 0 aliphatic heterocycles. The smallest absolute Gasteiger partial charge is 0.306 e. The molecule has 0 spiro atoms. The van der Waals surface area contributed by atoms with Gasteiger partial charge in [-0.1, -0.05) is 31.2 Å². The van der Waals surface area contributed by atoms with E-state index in [-0.39, 0.29) is 17.9 Å². The quantitative estimate of drug-likeness (QED) is 0.558. The molecule has 1 heterocycles. The Hall–Kier alpha value is -3.48. The van der Waals surface area contributed by atoms with E-state index < -0.39 is 12.1 Å². The van der Waals surface area contributed by atoms with Crippen LogP contribution in [-0.2, 0) is 27.2 Å². The minimum Gasteiger partial charge on any atom is -0.453 e. The van der Waals surface area contributed by atoms with Crippen molar-refractivity contribution in [3.63, 3.8) is 0 Å². The third-order valence-corrected chi connectivity index (χ3v) is 4.76. The summed E-state index contributed by atoms with van der Waals surface area (Å²) in [5, 5.41) is 3.27. The molecule has 0 unspecified atom stereocenters. The van der Waals surface area contributed by atoms with Crippen molar-refractivity contribution in [2.75, 3.05) is 5.32 Å². The Balaban J connectivity index is 1.46. The number of rotatable bonds is 8. The van der Waals surface area contributed by atoms with Crippen molar-refractivity contribution >= 4 is 28.5 Å². The average molecular weight is 407 g/mol. The summed E-state index contributed by atoms with van der Waals surface area (Å²) in [6.07, 6.45) is 1.03. The van der Waals surface area contributed by atoms with Crippen molar-refractivity contribution < 1.29 is 14.3 Å². The van der Waals surface area contributed by atoms with Gasteiger partial charge in [-0.3, -0.25) is 14.4 Å². The number of nitrogens with zero attached hydrogens (tertiary/aromatic N) is 1. The maximum absolute atomic E-state index is 12.2. The van der Waals surface area contributed by atoms with E-state index in [1.165, 1.54) is 12.5 Å². The number of nitrogens with one attached hydrogen (secondary N) is 2. The van der Waals surface area contributed by atoms with Crippen LogP contribution < -0.4 is 10.9 Å². The first kappa shape index (κ1) is 21.2. The van der Waals surface area contributed by atoms with E-state index in [9.17, 15) is 14.4 Å². The number of hydrogen-bond acceptors (Lipinski definition) is 5. The van der Waals surface area contributed by atoms with Gasteiger partial charge in [0.2, 0.25) is 0 Å². The van der Waals surface area contributed by atoms with Crippen LogP contribution in [0, 0.1) is 0 Å². The molecule has 3 rings (SSSR count). The molecular formula is C23H25N3O4. The number of carbonyl (C=O) groups is 2. The minimum absolute atomic E-state index is 0.124. The number of aromatic nitrogens is 2. The summed E-state index contributed by atoms with van der Waals surface area (Å²) in [4.78, 5) is 43.5. The summed E-state index contributed by atoms with van der Waals surface area (Å²) in [6, 6.07) is 14.6. The average Bonchev–Trinajstić information content (AvgIpc) is 2.74. The van der Waals surface area contributed by atoms with Crippen LogP contribution in [0.25, 0.3) is 10.9 Å². The molecule has 1 atom stereocenters. The third-order valence-electron chi connectivity index (χ3n) is 4.76. The molecule has 7 heteroatoms. The number of benzene rings is 2. The number of aryl methyl sites for hydroxylation is 2. The lowest BCUT2D eigenvalue weighted by Gasteiger charge is -2.13. The molecule has 0 fully saturated rings. The molecule has 0 bridgehead atoms. The highest BCUT2D eigenvalue weighted by Crippen LogP contribution is 2.12. The zero-order valence-electron chi connectivity index (χ0n) is 17.1. The summed E-state index contributed by atoms with van der Waals surface area (Å²) in [5.41, 5.74) is 2.26. The Kier molecular flexibility index (Phi) is 6.95. The predicted octanol–water partition coefficient (Wildman–Crippen LogP) is 3.38. The van der Waals surface area contributed by atoms with E-state index in [0.717, 1.165) is 6.42 Å². The molecule has 0 saturated heterocycles. The molecule has 0 aliphatic carbocycles. The number of hydrogen-bond donors (Lipinski definition) is 2. The summed E-state index contributed by atoms with van der Waals surface area (Å²) in [5.74, 6) is -0.331. The maximum Gasteiger partial charge on any atom is 0.306 e. The van der Waals surface area contributed by atoms with Crippen LogP contribution >= 0.6 is 0 Å². The predicted molar refractivity (Wildman–Crippen MR) is 115 cm³/mol. The van der Waals surface area contributed by atoms with E-state index in [2.05, 4.69) is 22.2 Å². The molecule has 30 heavy (non-hydrogen) atoms. The Morgan fingerprint density at radius 1 is 1.13 bits per heavy atom. The van der Waals surface area contributed by atoms with Crippen LogP contribution in [0.2, 0.25) is 0 Å². The van der Waals surface area contributed by atoms with Crippen molar-refractivity contribution in [3.05, 3.63) is 70.3 Å². The Labute approximate surface area is 174 Å². The number of aromatic amines is 1. The number of para-hydroxylation sites is 1. The fraction of sp³-hybridized carbons (Fsp3) is 0.304. The highest BCUT2D eigenvalue weighted by atomic mass is 16.5. The fourth-order valence-corrected chi connectivity index (χ4v) is 3.03. The van der Waals surface area contributed by atoms with Gasteiger partial charge in [-0.15, -0.1) is 0 Å². The van der Waals surface area contributed by atoms with E-state index >= 15 is 0 Å². The van der Waals surface area contributed by atoms with Crippen LogP contribution in [0.3, 0.4) is 0 Å². The first-order valence-electron chi connectivity index (χ1n) is 10.0. The highest BCUT2D eigenvalue weighted by Gasteiger charge is 2.18. The topological polar surface area (TPSA) is 101 Å². The van der Waals surface area contributed by atoms with E-state index in [0.29, 0.717) is 35.3 Å². The van der Waals surface area contributed by atoms with Crippen LogP contribution in [0.5, 0.6) is 0 Å². The Bertz CT molecular complexity index is 1090. The molecule has 0 aliphatic rings. The zero-order valence-corrected chi connectivity index (χ0v) is 17.1. The third kappa shape index (κ3) is 5.53. The lowest BCUT2D eigenvalue weighted by atomic mass is 10.1. The number of carbonyl (C=O) groups excluding carboxylic acids is 2. The van der Waals surface area contributed by atoms with Gasteiger partial charge in [-0.2, -0.15) is 0 Å². The molecular weight excluding hydrogens is 382 g/mol. The minimum atomic E-state index is -0.901. The van der Waals surface area contributed by atoms with Crippen molar-refractivity contribution in [3.8, 4) is 0 Å². The van der Waals surface area contributed by atoms with Gasteiger partial charge >= 0.3 is 5.97 Å². The van der Waals surface area contributed by atoms with Crippen LogP contribution in [0.4, 0.5) is 5.69 Å². The molecule has 156 valence electrons. The van der Waals surface area contributed by atoms with Crippen molar-refractivity contribution in [1.29, 1.82) is 0 Å².